The van der Waals surface area contributed by atoms with Gasteiger partial charge in [0.15, 0.2) is 0 Å². The molecule has 102 valence electrons. The number of aromatic nitrogens is 1. The summed E-state index contributed by atoms with van der Waals surface area (Å²) >= 11 is 7.44. The summed E-state index contributed by atoms with van der Waals surface area (Å²) in [5.74, 6) is 0.471. The van der Waals surface area contributed by atoms with E-state index in [2.05, 4.69) is 23.9 Å². The van der Waals surface area contributed by atoms with E-state index in [1.54, 1.807) is 11.3 Å². The van der Waals surface area contributed by atoms with Gasteiger partial charge in [0, 0.05) is 11.4 Å². The Labute approximate surface area is 118 Å². The molecule has 2 rings (SSSR count). The highest BCUT2D eigenvalue weighted by Gasteiger charge is 2.30. The number of aliphatic hydroxyl groups excluding tert-OH is 1. The molecule has 1 aromatic rings. The number of thiazole rings is 1. The number of hydrogen-bond donors (Lipinski definition) is 1. The van der Waals surface area contributed by atoms with Crippen LogP contribution in [0.25, 0.3) is 0 Å². The first-order valence-electron chi connectivity index (χ1n) is 6.53. The fourth-order valence-electron chi connectivity index (χ4n) is 2.60. The molecule has 1 aliphatic rings. The predicted octanol–water partition coefficient (Wildman–Crippen LogP) is 3.18. The van der Waals surface area contributed by atoms with Crippen molar-refractivity contribution in [2.75, 3.05) is 7.05 Å². The molecule has 0 aliphatic heterocycles. The van der Waals surface area contributed by atoms with E-state index in [9.17, 15) is 5.11 Å². The summed E-state index contributed by atoms with van der Waals surface area (Å²) in [4.78, 5) is 6.80. The summed E-state index contributed by atoms with van der Waals surface area (Å²) in [6, 6.07) is 0.502. The summed E-state index contributed by atoms with van der Waals surface area (Å²) < 4.78 is 0. The average Bonchev–Trinajstić information content (AvgIpc) is 2.86. The lowest BCUT2D eigenvalue weighted by Gasteiger charge is -2.38. The van der Waals surface area contributed by atoms with Crippen molar-refractivity contribution in [1.29, 1.82) is 0 Å². The lowest BCUT2D eigenvalue weighted by molar-refractivity contribution is 0.0155. The molecule has 1 aromatic heterocycles. The minimum Gasteiger partial charge on any atom is -0.391 e. The number of aliphatic hydroxyl groups is 1. The lowest BCUT2D eigenvalue weighted by Crippen LogP contribution is -2.44. The molecule has 0 saturated heterocycles. The largest absolute Gasteiger partial charge is 0.391 e. The summed E-state index contributed by atoms with van der Waals surface area (Å²) in [6.07, 6.45) is 4.16. The van der Waals surface area contributed by atoms with Crippen LogP contribution in [0.5, 0.6) is 0 Å². The van der Waals surface area contributed by atoms with Crippen LogP contribution in [0.15, 0.2) is 5.38 Å². The molecular weight excluding hydrogens is 268 g/mol. The maximum absolute atomic E-state index is 10.1. The van der Waals surface area contributed by atoms with Crippen molar-refractivity contribution < 1.29 is 5.11 Å². The molecule has 1 saturated carbocycles. The van der Waals surface area contributed by atoms with Crippen molar-refractivity contribution >= 4 is 22.9 Å². The van der Waals surface area contributed by atoms with Crippen LogP contribution >= 0.6 is 22.9 Å². The van der Waals surface area contributed by atoms with E-state index in [1.165, 1.54) is 6.42 Å². The molecule has 0 spiro atoms. The van der Waals surface area contributed by atoms with Crippen LogP contribution in [0.4, 0.5) is 0 Å². The van der Waals surface area contributed by atoms with Gasteiger partial charge in [0.2, 0.25) is 0 Å². The normalized spacial score (nSPS) is 26.5. The summed E-state index contributed by atoms with van der Waals surface area (Å²) in [5.41, 5.74) is 0.945. The lowest BCUT2D eigenvalue weighted by atomic mass is 9.91. The first kappa shape index (κ1) is 14.3. The minimum atomic E-state index is -0.196. The van der Waals surface area contributed by atoms with E-state index in [4.69, 9.17) is 11.6 Å². The van der Waals surface area contributed by atoms with Gasteiger partial charge >= 0.3 is 0 Å². The van der Waals surface area contributed by atoms with Gasteiger partial charge in [-0.3, -0.25) is 4.90 Å². The molecule has 1 heterocycles. The van der Waals surface area contributed by atoms with Crippen LogP contribution in [0.1, 0.15) is 49.4 Å². The Hall–Kier alpha value is -0.160. The number of alkyl halides is 1. The zero-order valence-electron chi connectivity index (χ0n) is 11.0. The second-order valence-electron chi connectivity index (χ2n) is 5.07. The highest BCUT2D eigenvalue weighted by molar-refractivity contribution is 7.09. The van der Waals surface area contributed by atoms with Crippen molar-refractivity contribution in [3.05, 3.63) is 16.1 Å². The third kappa shape index (κ3) is 3.05. The summed E-state index contributed by atoms with van der Waals surface area (Å²) in [6.45, 7) is 2.15. The Morgan fingerprint density at radius 3 is 2.89 bits per heavy atom. The Kier molecular flexibility index (Phi) is 5.01. The van der Waals surface area contributed by atoms with Gasteiger partial charge < -0.3 is 5.11 Å². The highest BCUT2D eigenvalue weighted by atomic mass is 35.5. The van der Waals surface area contributed by atoms with Gasteiger partial charge in [-0.2, -0.15) is 0 Å². The smallest absolute Gasteiger partial charge is 0.110 e. The van der Waals surface area contributed by atoms with Crippen molar-refractivity contribution in [3.63, 3.8) is 0 Å². The zero-order valence-corrected chi connectivity index (χ0v) is 12.5. The quantitative estimate of drug-likeness (QED) is 0.865. The molecule has 3 nitrogen and oxygen atoms in total. The van der Waals surface area contributed by atoms with Crippen molar-refractivity contribution in [3.8, 4) is 0 Å². The second-order valence-corrected chi connectivity index (χ2v) is 6.23. The van der Waals surface area contributed by atoms with Crippen LogP contribution in [0, 0.1) is 0 Å². The molecule has 0 aromatic carbocycles. The van der Waals surface area contributed by atoms with E-state index in [0.717, 1.165) is 30.0 Å². The SMILES string of the molecule is CC(c1nc(CCl)cs1)N(C)C1CCCCC1O. The highest BCUT2D eigenvalue weighted by Crippen LogP contribution is 2.30. The van der Waals surface area contributed by atoms with Crippen molar-refractivity contribution in [2.45, 2.75) is 56.7 Å². The minimum absolute atomic E-state index is 0.196. The van der Waals surface area contributed by atoms with Crippen LogP contribution in [-0.4, -0.2) is 34.2 Å². The first-order chi connectivity index (χ1) is 8.63. The number of halogens is 1. The molecule has 3 atom stereocenters. The first-order valence-corrected chi connectivity index (χ1v) is 7.95. The molecule has 1 aliphatic carbocycles. The molecule has 3 unspecified atom stereocenters. The number of hydrogen-bond acceptors (Lipinski definition) is 4. The Bertz CT molecular complexity index is 385. The Balaban J connectivity index is 2.05. The van der Waals surface area contributed by atoms with Gasteiger partial charge in [-0.1, -0.05) is 12.8 Å². The molecular formula is C13H21ClN2OS. The fraction of sp³-hybridized carbons (Fsp3) is 0.769. The van der Waals surface area contributed by atoms with Gasteiger partial charge in [-0.05, 0) is 26.8 Å². The third-order valence-electron chi connectivity index (χ3n) is 3.89. The molecule has 18 heavy (non-hydrogen) atoms. The standard InChI is InChI=1S/C13H21ClN2OS/c1-9(13-15-10(7-14)8-18-13)16(2)11-5-3-4-6-12(11)17/h8-9,11-12,17H,3-7H2,1-2H3. The maximum atomic E-state index is 10.1. The van der Waals surface area contributed by atoms with Gasteiger partial charge in [-0.25, -0.2) is 4.98 Å². The number of likely N-dealkylation sites (N-methyl/N-ethyl adjacent to an activating group) is 1. The fourth-order valence-corrected chi connectivity index (χ4v) is 3.76. The molecule has 1 N–H and O–H groups in total. The third-order valence-corrected chi connectivity index (χ3v) is 5.23. The Morgan fingerprint density at radius 1 is 1.56 bits per heavy atom. The molecule has 0 radical (unpaired) electrons. The van der Waals surface area contributed by atoms with Crippen LogP contribution < -0.4 is 0 Å². The summed E-state index contributed by atoms with van der Waals surface area (Å²) in [5, 5.41) is 13.2. The van der Waals surface area contributed by atoms with E-state index in [1.807, 2.05) is 5.38 Å². The monoisotopic (exact) mass is 288 g/mol. The van der Waals surface area contributed by atoms with E-state index in [-0.39, 0.29) is 18.2 Å². The van der Waals surface area contributed by atoms with Gasteiger partial charge in [-0.15, -0.1) is 22.9 Å². The molecule has 5 heteroatoms. The van der Waals surface area contributed by atoms with Crippen LogP contribution in [0.3, 0.4) is 0 Å². The van der Waals surface area contributed by atoms with Gasteiger partial charge in [0.25, 0.3) is 0 Å². The Morgan fingerprint density at radius 2 is 2.28 bits per heavy atom. The van der Waals surface area contributed by atoms with Crippen molar-refractivity contribution in [1.82, 2.24) is 9.88 Å². The van der Waals surface area contributed by atoms with E-state index < -0.39 is 0 Å². The average molecular weight is 289 g/mol. The molecule has 0 bridgehead atoms. The maximum Gasteiger partial charge on any atom is 0.110 e. The zero-order chi connectivity index (χ0) is 13.1. The molecule has 1 fully saturated rings. The van der Waals surface area contributed by atoms with Gasteiger partial charge in [0.1, 0.15) is 5.01 Å². The predicted molar refractivity (Wildman–Crippen MR) is 76.1 cm³/mol. The van der Waals surface area contributed by atoms with Crippen LogP contribution in [-0.2, 0) is 5.88 Å². The van der Waals surface area contributed by atoms with Crippen molar-refractivity contribution in [2.24, 2.45) is 0 Å². The topological polar surface area (TPSA) is 36.4 Å². The second kappa shape index (κ2) is 6.33. The number of rotatable bonds is 4. The van der Waals surface area contributed by atoms with Crippen LogP contribution in [0.2, 0.25) is 0 Å². The summed E-state index contributed by atoms with van der Waals surface area (Å²) in [7, 11) is 2.09. The van der Waals surface area contributed by atoms with E-state index in [0.29, 0.717) is 5.88 Å². The number of nitrogens with zero attached hydrogens (tertiary/aromatic N) is 2. The van der Waals surface area contributed by atoms with Gasteiger partial charge in [0.05, 0.1) is 23.7 Å². The molecule has 0 amide bonds. The van der Waals surface area contributed by atoms with E-state index >= 15 is 0 Å².